The number of rotatable bonds is 8. The summed E-state index contributed by atoms with van der Waals surface area (Å²) < 4.78 is 0. The second-order valence-corrected chi connectivity index (χ2v) is 7.10. The van der Waals surface area contributed by atoms with Crippen LogP contribution in [0.25, 0.3) is 0 Å². The number of guanidine groups is 1. The molecule has 0 bridgehead atoms. The number of aromatic amines is 1. The molecule has 140 valence electrons. The van der Waals surface area contributed by atoms with Crippen molar-refractivity contribution in [3.8, 4) is 0 Å². The summed E-state index contributed by atoms with van der Waals surface area (Å²) in [5.41, 5.74) is 3.57. The molecule has 2 aromatic rings. The van der Waals surface area contributed by atoms with Gasteiger partial charge in [-0.3, -0.25) is 10.1 Å². The molecule has 0 saturated heterocycles. The van der Waals surface area contributed by atoms with Crippen molar-refractivity contribution in [1.82, 2.24) is 25.8 Å². The Kier molecular flexibility index (Phi) is 10.0. The molecular formula is C17H29IN6S. The lowest BCUT2D eigenvalue weighted by Crippen LogP contribution is -2.38. The van der Waals surface area contributed by atoms with Gasteiger partial charge in [-0.1, -0.05) is 0 Å². The summed E-state index contributed by atoms with van der Waals surface area (Å²) in [6.45, 7) is 10.8. The zero-order valence-electron chi connectivity index (χ0n) is 15.5. The number of H-pyrrole nitrogens is 1. The molecule has 3 N–H and O–H groups in total. The van der Waals surface area contributed by atoms with Crippen molar-refractivity contribution in [2.45, 2.75) is 47.0 Å². The predicted octanol–water partition coefficient (Wildman–Crippen LogP) is 3.14. The van der Waals surface area contributed by atoms with E-state index in [0.29, 0.717) is 0 Å². The number of aryl methyl sites for hydroxylation is 4. The maximum absolute atomic E-state index is 4.64. The lowest BCUT2D eigenvalue weighted by atomic mass is 10.1. The minimum Gasteiger partial charge on any atom is -0.357 e. The average molecular weight is 476 g/mol. The van der Waals surface area contributed by atoms with E-state index in [-0.39, 0.29) is 24.0 Å². The first-order chi connectivity index (χ1) is 11.6. The van der Waals surface area contributed by atoms with Crippen LogP contribution in [0.15, 0.2) is 11.2 Å². The summed E-state index contributed by atoms with van der Waals surface area (Å²) >= 11 is 1.78. The average Bonchev–Trinajstić information content (AvgIpc) is 3.09. The third kappa shape index (κ3) is 7.31. The van der Waals surface area contributed by atoms with Crippen molar-refractivity contribution >= 4 is 41.3 Å². The van der Waals surface area contributed by atoms with Crippen molar-refractivity contribution in [2.75, 3.05) is 19.6 Å². The molecule has 0 saturated carbocycles. The number of halogens is 1. The Hall–Kier alpha value is -1.16. The molecule has 8 heteroatoms. The standard InChI is InChI=1S/C17H28N6S.HI/c1-5-18-17(19-9-6-7-15-11-21-23-13(15)3)20-10-8-16-22-12(2)14(4)24-16;/h11H,5-10H2,1-4H3,(H,21,23)(H2,18,19,20);1H. The molecule has 2 heterocycles. The van der Waals surface area contributed by atoms with E-state index in [9.17, 15) is 0 Å². The molecule has 0 radical (unpaired) electrons. The van der Waals surface area contributed by atoms with Gasteiger partial charge in [0.15, 0.2) is 5.96 Å². The summed E-state index contributed by atoms with van der Waals surface area (Å²) in [6.07, 6.45) is 4.85. The van der Waals surface area contributed by atoms with E-state index in [2.05, 4.69) is 58.5 Å². The van der Waals surface area contributed by atoms with Crippen LogP contribution < -0.4 is 10.6 Å². The van der Waals surface area contributed by atoms with Crippen LogP contribution in [0.5, 0.6) is 0 Å². The highest BCUT2D eigenvalue weighted by molar-refractivity contribution is 14.0. The fraction of sp³-hybridized carbons (Fsp3) is 0.588. The predicted molar refractivity (Wildman–Crippen MR) is 116 cm³/mol. The Bertz CT molecular complexity index is 644. The summed E-state index contributed by atoms with van der Waals surface area (Å²) in [5.74, 6) is 0.881. The van der Waals surface area contributed by atoms with Crippen molar-refractivity contribution in [3.63, 3.8) is 0 Å². The maximum atomic E-state index is 4.64. The van der Waals surface area contributed by atoms with Gasteiger partial charge in [-0.25, -0.2) is 4.98 Å². The molecule has 0 aliphatic heterocycles. The van der Waals surface area contributed by atoms with Gasteiger partial charge in [0.05, 0.1) is 16.9 Å². The highest BCUT2D eigenvalue weighted by Gasteiger charge is 2.04. The topological polar surface area (TPSA) is 78.0 Å². The molecule has 0 amide bonds. The van der Waals surface area contributed by atoms with E-state index in [4.69, 9.17) is 0 Å². The number of nitrogens with zero attached hydrogens (tertiary/aromatic N) is 3. The third-order valence-electron chi connectivity index (χ3n) is 3.86. The normalized spacial score (nSPS) is 11.3. The van der Waals surface area contributed by atoms with Crippen LogP contribution in [0.1, 0.15) is 40.2 Å². The van der Waals surface area contributed by atoms with Gasteiger partial charge in [0, 0.05) is 36.6 Å². The summed E-state index contributed by atoms with van der Waals surface area (Å²) in [6, 6.07) is 0. The molecule has 0 aliphatic rings. The van der Waals surface area contributed by atoms with Crippen LogP contribution in [0.2, 0.25) is 0 Å². The molecular weight excluding hydrogens is 447 g/mol. The quantitative estimate of drug-likeness (QED) is 0.237. The lowest BCUT2D eigenvalue weighted by molar-refractivity contribution is 0.773. The summed E-state index contributed by atoms with van der Waals surface area (Å²) in [7, 11) is 0. The minimum atomic E-state index is 0. The van der Waals surface area contributed by atoms with Gasteiger partial charge in [0.1, 0.15) is 0 Å². The number of hydrogen-bond donors (Lipinski definition) is 3. The minimum absolute atomic E-state index is 0. The zero-order valence-corrected chi connectivity index (χ0v) is 18.6. The van der Waals surface area contributed by atoms with E-state index < -0.39 is 0 Å². The van der Waals surface area contributed by atoms with Gasteiger partial charge >= 0.3 is 0 Å². The van der Waals surface area contributed by atoms with Crippen molar-refractivity contribution in [2.24, 2.45) is 4.99 Å². The Labute approximate surface area is 171 Å². The molecule has 0 atom stereocenters. The van der Waals surface area contributed by atoms with E-state index in [1.807, 2.05) is 6.20 Å². The Balaban J connectivity index is 0.00000312. The first-order valence-electron chi connectivity index (χ1n) is 8.54. The fourth-order valence-electron chi connectivity index (χ4n) is 2.36. The smallest absolute Gasteiger partial charge is 0.191 e. The molecule has 25 heavy (non-hydrogen) atoms. The van der Waals surface area contributed by atoms with Crippen LogP contribution in [0.3, 0.4) is 0 Å². The van der Waals surface area contributed by atoms with Crippen LogP contribution in [-0.2, 0) is 12.8 Å². The molecule has 0 fully saturated rings. The highest BCUT2D eigenvalue weighted by atomic mass is 127. The molecule has 0 spiro atoms. The SMILES string of the molecule is CCNC(=NCCCc1cn[nH]c1C)NCCc1nc(C)c(C)s1.I. The van der Waals surface area contributed by atoms with Crippen molar-refractivity contribution < 1.29 is 0 Å². The van der Waals surface area contributed by atoms with Gasteiger partial charge in [-0.05, 0) is 46.1 Å². The van der Waals surface area contributed by atoms with Crippen LogP contribution in [0, 0.1) is 20.8 Å². The second kappa shape index (κ2) is 11.5. The van der Waals surface area contributed by atoms with Crippen molar-refractivity contribution in [1.29, 1.82) is 0 Å². The van der Waals surface area contributed by atoms with Crippen molar-refractivity contribution in [3.05, 3.63) is 33.0 Å². The van der Waals surface area contributed by atoms with E-state index >= 15 is 0 Å². The molecule has 0 aliphatic carbocycles. The molecule has 0 unspecified atom stereocenters. The molecule has 2 aromatic heterocycles. The van der Waals surface area contributed by atoms with Gasteiger partial charge in [-0.2, -0.15) is 5.10 Å². The first-order valence-corrected chi connectivity index (χ1v) is 9.35. The van der Waals surface area contributed by atoms with E-state index in [0.717, 1.165) is 56.2 Å². The van der Waals surface area contributed by atoms with Gasteiger partial charge < -0.3 is 10.6 Å². The van der Waals surface area contributed by atoms with Crippen LogP contribution in [0.4, 0.5) is 0 Å². The number of thiazole rings is 1. The third-order valence-corrected chi connectivity index (χ3v) is 4.99. The second-order valence-electron chi connectivity index (χ2n) is 5.81. The summed E-state index contributed by atoms with van der Waals surface area (Å²) in [4.78, 5) is 10.5. The monoisotopic (exact) mass is 476 g/mol. The largest absolute Gasteiger partial charge is 0.357 e. The lowest BCUT2D eigenvalue weighted by Gasteiger charge is -2.10. The van der Waals surface area contributed by atoms with E-state index in [1.54, 1.807) is 11.3 Å². The van der Waals surface area contributed by atoms with Gasteiger partial charge in [-0.15, -0.1) is 35.3 Å². The zero-order chi connectivity index (χ0) is 17.4. The van der Waals surface area contributed by atoms with Crippen LogP contribution in [-0.4, -0.2) is 40.8 Å². The Morgan fingerprint density at radius 3 is 2.64 bits per heavy atom. The van der Waals surface area contributed by atoms with Gasteiger partial charge in [0.25, 0.3) is 0 Å². The molecule has 2 rings (SSSR count). The first kappa shape index (κ1) is 21.9. The van der Waals surface area contributed by atoms with Gasteiger partial charge in [0.2, 0.25) is 0 Å². The number of aromatic nitrogens is 3. The number of nitrogens with one attached hydrogen (secondary N) is 3. The highest BCUT2D eigenvalue weighted by Crippen LogP contribution is 2.16. The Morgan fingerprint density at radius 1 is 1.24 bits per heavy atom. The molecule has 0 aromatic carbocycles. The van der Waals surface area contributed by atoms with Crippen LogP contribution >= 0.6 is 35.3 Å². The molecule has 6 nitrogen and oxygen atoms in total. The Morgan fingerprint density at radius 2 is 2.04 bits per heavy atom. The maximum Gasteiger partial charge on any atom is 0.191 e. The number of hydrogen-bond acceptors (Lipinski definition) is 4. The summed E-state index contributed by atoms with van der Waals surface area (Å²) in [5, 5.41) is 14.9. The number of aliphatic imine (C=N–C) groups is 1. The van der Waals surface area contributed by atoms with E-state index in [1.165, 1.54) is 15.4 Å². The fourth-order valence-corrected chi connectivity index (χ4v) is 3.30.